The summed E-state index contributed by atoms with van der Waals surface area (Å²) in [7, 11) is 5.43. The molecule has 1 fully saturated rings. The van der Waals surface area contributed by atoms with Crippen LogP contribution >= 0.6 is 0 Å². The first-order valence-corrected chi connectivity index (χ1v) is 12.2. The number of nitrogens with one attached hydrogen (secondary N) is 1. The number of hydrogen-bond acceptors (Lipinski definition) is 7. The Balaban J connectivity index is 1.51. The minimum Gasteiger partial charge on any atom is -0.488 e. The zero-order valence-electron chi connectivity index (χ0n) is 21.6. The van der Waals surface area contributed by atoms with Gasteiger partial charge in [0.05, 0.1) is 6.61 Å². The molecule has 1 aliphatic heterocycles. The van der Waals surface area contributed by atoms with Crippen molar-refractivity contribution in [1.29, 1.82) is 0 Å². The third kappa shape index (κ3) is 7.08. The van der Waals surface area contributed by atoms with Gasteiger partial charge >= 0.3 is 0 Å². The number of carbonyl (C=O) groups is 2. The Morgan fingerprint density at radius 1 is 0.946 bits per heavy atom. The molecule has 37 heavy (non-hydrogen) atoms. The molecule has 0 spiro atoms. The molecule has 1 saturated heterocycles. The Labute approximate surface area is 216 Å². The average Bonchev–Trinajstić information content (AvgIpc) is 3.28. The fraction of sp³-hybridized carbons (Fsp3) is 0.370. The number of piperazine rings is 1. The highest BCUT2D eigenvalue weighted by atomic mass is 16.5. The first kappa shape index (κ1) is 26.2. The van der Waals surface area contributed by atoms with Gasteiger partial charge in [0.2, 0.25) is 0 Å². The fourth-order valence-corrected chi connectivity index (χ4v) is 3.99. The van der Waals surface area contributed by atoms with Crippen LogP contribution < -0.4 is 14.8 Å². The lowest BCUT2D eigenvalue weighted by Gasteiger charge is -2.32. The van der Waals surface area contributed by atoms with E-state index in [2.05, 4.69) is 22.4 Å². The van der Waals surface area contributed by atoms with Crippen LogP contribution in [0.25, 0.3) is 0 Å². The SMILES string of the molecule is COC[C@H](C)Oc1cc(Oc2ccc(C(=O)N3CCN(C)CC3)cc2)cc(C(=O)Nc2ccn(C)n2)c1. The van der Waals surface area contributed by atoms with Gasteiger partial charge in [0.25, 0.3) is 11.8 Å². The number of nitrogens with zero attached hydrogens (tertiary/aromatic N) is 4. The Bertz CT molecular complexity index is 1220. The maximum absolute atomic E-state index is 12.9. The molecule has 2 aromatic carbocycles. The molecule has 10 nitrogen and oxygen atoms in total. The first-order chi connectivity index (χ1) is 17.8. The second-order valence-electron chi connectivity index (χ2n) is 9.13. The van der Waals surface area contributed by atoms with E-state index in [4.69, 9.17) is 14.2 Å². The van der Waals surface area contributed by atoms with Crippen molar-refractivity contribution in [3.8, 4) is 17.2 Å². The lowest BCUT2D eigenvalue weighted by Crippen LogP contribution is -2.47. The number of likely N-dealkylation sites (N-methyl/N-ethyl adjacent to an activating group) is 1. The molecule has 0 unspecified atom stereocenters. The minimum absolute atomic E-state index is 0.00987. The van der Waals surface area contributed by atoms with E-state index >= 15 is 0 Å². The van der Waals surface area contributed by atoms with Crippen LogP contribution in [-0.2, 0) is 11.8 Å². The molecule has 0 radical (unpaired) electrons. The smallest absolute Gasteiger partial charge is 0.257 e. The number of carbonyl (C=O) groups excluding carboxylic acids is 2. The molecule has 0 bridgehead atoms. The molecular weight excluding hydrogens is 474 g/mol. The second-order valence-corrected chi connectivity index (χ2v) is 9.13. The van der Waals surface area contributed by atoms with E-state index in [0.29, 0.717) is 53.9 Å². The largest absolute Gasteiger partial charge is 0.488 e. The summed E-state index contributed by atoms with van der Waals surface area (Å²) in [6.07, 6.45) is 1.51. The molecular formula is C27H33N5O5. The van der Waals surface area contributed by atoms with Gasteiger partial charge in [-0.2, -0.15) is 5.10 Å². The van der Waals surface area contributed by atoms with Gasteiger partial charge in [0, 0.05) is 69.8 Å². The number of anilines is 1. The third-order valence-corrected chi connectivity index (χ3v) is 5.96. The maximum Gasteiger partial charge on any atom is 0.257 e. The molecule has 0 saturated carbocycles. The van der Waals surface area contributed by atoms with Crippen LogP contribution in [0.4, 0.5) is 5.82 Å². The van der Waals surface area contributed by atoms with Crippen molar-refractivity contribution in [3.63, 3.8) is 0 Å². The zero-order valence-corrected chi connectivity index (χ0v) is 21.6. The van der Waals surface area contributed by atoms with Gasteiger partial charge in [-0.05, 0) is 50.4 Å². The third-order valence-electron chi connectivity index (χ3n) is 5.96. The molecule has 2 heterocycles. The monoisotopic (exact) mass is 507 g/mol. The van der Waals surface area contributed by atoms with Crippen molar-refractivity contribution >= 4 is 17.6 Å². The number of amides is 2. The predicted octanol–water partition coefficient (Wildman–Crippen LogP) is 3.27. The number of hydrogen-bond donors (Lipinski definition) is 1. The van der Waals surface area contributed by atoms with Crippen LogP contribution in [0.2, 0.25) is 0 Å². The molecule has 1 aromatic heterocycles. The van der Waals surface area contributed by atoms with Crippen LogP contribution in [0.3, 0.4) is 0 Å². The van der Waals surface area contributed by atoms with E-state index < -0.39 is 0 Å². The lowest BCUT2D eigenvalue weighted by atomic mass is 10.1. The number of benzene rings is 2. The van der Waals surface area contributed by atoms with Crippen LogP contribution in [0.5, 0.6) is 17.2 Å². The topological polar surface area (TPSA) is 98.2 Å². The van der Waals surface area contributed by atoms with E-state index in [1.165, 1.54) is 0 Å². The molecule has 10 heteroatoms. The van der Waals surface area contributed by atoms with E-state index in [0.717, 1.165) is 13.1 Å². The van der Waals surface area contributed by atoms with E-state index in [1.807, 2.05) is 11.8 Å². The van der Waals surface area contributed by atoms with Gasteiger partial charge in [-0.15, -0.1) is 0 Å². The summed E-state index contributed by atoms with van der Waals surface area (Å²) < 4.78 is 18.8. The normalized spacial score (nSPS) is 14.8. The highest BCUT2D eigenvalue weighted by Crippen LogP contribution is 2.29. The Morgan fingerprint density at radius 3 is 2.30 bits per heavy atom. The Morgan fingerprint density at radius 2 is 1.65 bits per heavy atom. The number of aryl methyl sites for hydroxylation is 1. The summed E-state index contributed by atoms with van der Waals surface area (Å²) >= 11 is 0. The van der Waals surface area contributed by atoms with Crippen molar-refractivity contribution in [1.82, 2.24) is 19.6 Å². The van der Waals surface area contributed by atoms with Crippen LogP contribution in [0.1, 0.15) is 27.6 Å². The molecule has 1 aliphatic rings. The summed E-state index contributed by atoms with van der Waals surface area (Å²) in [5, 5.41) is 6.97. The van der Waals surface area contributed by atoms with Crippen molar-refractivity contribution in [3.05, 3.63) is 65.9 Å². The number of rotatable bonds is 9. The summed E-state index contributed by atoms with van der Waals surface area (Å²) in [5.74, 6) is 1.53. The van der Waals surface area contributed by atoms with Gasteiger partial charge in [0.15, 0.2) is 5.82 Å². The number of ether oxygens (including phenoxy) is 3. The first-order valence-electron chi connectivity index (χ1n) is 12.2. The van der Waals surface area contributed by atoms with Crippen molar-refractivity contribution < 1.29 is 23.8 Å². The highest BCUT2D eigenvalue weighted by Gasteiger charge is 2.20. The average molecular weight is 508 g/mol. The van der Waals surface area contributed by atoms with Crippen molar-refractivity contribution in [2.75, 3.05) is 52.3 Å². The van der Waals surface area contributed by atoms with Crippen molar-refractivity contribution in [2.45, 2.75) is 13.0 Å². The number of aromatic nitrogens is 2. The molecule has 196 valence electrons. The second kappa shape index (κ2) is 11.9. The zero-order chi connectivity index (χ0) is 26.4. The van der Waals surface area contributed by atoms with E-state index in [1.54, 1.807) is 73.6 Å². The van der Waals surface area contributed by atoms with Crippen LogP contribution in [0, 0.1) is 0 Å². The highest BCUT2D eigenvalue weighted by molar-refractivity contribution is 6.04. The summed E-state index contributed by atoms with van der Waals surface area (Å²) in [6, 6.07) is 13.7. The molecule has 1 N–H and O–H groups in total. The Hall–Kier alpha value is -3.89. The molecule has 1 atom stereocenters. The van der Waals surface area contributed by atoms with E-state index in [9.17, 15) is 9.59 Å². The molecule has 0 aliphatic carbocycles. The summed E-state index contributed by atoms with van der Waals surface area (Å²) in [4.78, 5) is 29.9. The number of methoxy groups -OCH3 is 1. The molecule has 4 rings (SSSR count). The van der Waals surface area contributed by atoms with Crippen molar-refractivity contribution in [2.24, 2.45) is 7.05 Å². The lowest BCUT2D eigenvalue weighted by molar-refractivity contribution is 0.0664. The van der Waals surface area contributed by atoms with Gasteiger partial charge in [-0.3, -0.25) is 14.3 Å². The fourth-order valence-electron chi connectivity index (χ4n) is 3.99. The van der Waals surface area contributed by atoms with Gasteiger partial charge in [-0.25, -0.2) is 0 Å². The quantitative estimate of drug-likeness (QED) is 0.475. The summed E-state index contributed by atoms with van der Waals surface area (Å²) in [5.41, 5.74) is 0.961. The molecule has 2 amide bonds. The Kier molecular flexibility index (Phi) is 8.42. The standard InChI is InChI=1S/C27H33N5O5/c1-19(18-35-4)36-23-15-21(26(33)28-25-9-10-31(3)29-25)16-24(17-23)37-22-7-5-20(6-8-22)27(34)32-13-11-30(2)12-14-32/h5-10,15-17,19H,11-14,18H2,1-4H3,(H,28,29,33)/t19-/m0/s1. The van der Waals surface area contributed by atoms with Gasteiger partial charge < -0.3 is 29.3 Å². The predicted molar refractivity (Wildman–Crippen MR) is 139 cm³/mol. The molecule has 3 aromatic rings. The van der Waals surface area contributed by atoms with E-state index in [-0.39, 0.29) is 17.9 Å². The van der Waals surface area contributed by atoms with Gasteiger partial charge in [-0.1, -0.05) is 0 Å². The van der Waals surface area contributed by atoms with Crippen LogP contribution in [-0.4, -0.2) is 84.4 Å². The van der Waals surface area contributed by atoms with Crippen LogP contribution in [0.15, 0.2) is 54.7 Å². The maximum atomic E-state index is 12.9. The summed E-state index contributed by atoms with van der Waals surface area (Å²) in [6.45, 7) is 5.43. The minimum atomic E-state index is -0.346. The van der Waals surface area contributed by atoms with Gasteiger partial charge in [0.1, 0.15) is 23.4 Å².